The third kappa shape index (κ3) is 5.04. The Hall–Kier alpha value is -3.56. The average Bonchev–Trinajstić information content (AvgIpc) is 3.45. The van der Waals surface area contributed by atoms with Gasteiger partial charge in [-0.3, -0.25) is 0 Å². The standard InChI is InChI=1S/C31H35NO7S/c1-3-22-16-17-24(30-29(22)38-20-39-30)27-23-13-7-9-15-26(23)40(35,36)32(25-14-8-6-12-21(25)2)28(27)31(34)37-19-11-5-4-10-18-33/h6-9,12-17,23,26,33H,3-5,10-11,18-20H2,1-2H3. The number of unbranched alkanes of at least 4 members (excludes halogenated alkanes) is 3. The Morgan fingerprint density at radius 3 is 2.55 bits per heavy atom. The summed E-state index contributed by atoms with van der Waals surface area (Å²) in [5, 5.41) is 8.11. The Morgan fingerprint density at radius 1 is 1.02 bits per heavy atom. The third-order valence-corrected chi connectivity index (χ3v) is 9.59. The number of carbonyl (C=O) groups is 1. The molecule has 2 unspecified atom stereocenters. The third-order valence-electron chi connectivity index (χ3n) is 7.56. The first-order chi connectivity index (χ1) is 19.4. The quantitative estimate of drug-likeness (QED) is 0.318. The van der Waals surface area contributed by atoms with Crippen LogP contribution in [-0.4, -0.2) is 44.8 Å². The molecule has 0 spiro atoms. The molecule has 2 aliphatic heterocycles. The van der Waals surface area contributed by atoms with Gasteiger partial charge in [0.25, 0.3) is 0 Å². The number of ether oxygens (including phenoxy) is 3. The van der Waals surface area contributed by atoms with Gasteiger partial charge in [-0.05, 0) is 49.8 Å². The zero-order valence-corrected chi connectivity index (χ0v) is 23.7. The van der Waals surface area contributed by atoms with Crippen molar-refractivity contribution in [3.8, 4) is 11.5 Å². The van der Waals surface area contributed by atoms with Gasteiger partial charge in [0, 0.05) is 23.7 Å². The number of carbonyl (C=O) groups excluding carboxylic acids is 1. The lowest BCUT2D eigenvalue weighted by Crippen LogP contribution is -2.49. The molecular weight excluding hydrogens is 530 g/mol. The van der Waals surface area contributed by atoms with Gasteiger partial charge in [0.05, 0.1) is 12.3 Å². The fraction of sp³-hybridized carbons (Fsp3) is 0.387. The second kappa shape index (κ2) is 11.9. The molecule has 2 aromatic rings. The Balaban J connectivity index is 1.72. The van der Waals surface area contributed by atoms with E-state index in [-0.39, 0.29) is 25.7 Å². The van der Waals surface area contributed by atoms with Crippen molar-refractivity contribution in [3.05, 3.63) is 83.1 Å². The molecule has 8 nitrogen and oxygen atoms in total. The molecule has 2 heterocycles. The Bertz CT molecular complexity index is 1470. The van der Waals surface area contributed by atoms with Crippen molar-refractivity contribution in [3.63, 3.8) is 0 Å². The van der Waals surface area contributed by atoms with E-state index in [2.05, 4.69) is 0 Å². The number of hydrogen-bond donors (Lipinski definition) is 1. The first-order valence-electron chi connectivity index (χ1n) is 13.8. The SMILES string of the molecule is CCc1ccc(C2=C(C(=O)OCCCCCCO)N(c3ccccc3C)S(=O)(=O)C3C=CC=CC23)c2c1OCO2. The number of rotatable bonds is 10. The van der Waals surface area contributed by atoms with Crippen LogP contribution in [0.4, 0.5) is 5.69 Å². The lowest BCUT2D eigenvalue weighted by Gasteiger charge is -2.40. The van der Waals surface area contributed by atoms with Crippen molar-refractivity contribution in [2.75, 3.05) is 24.3 Å². The number of hydrogen-bond acceptors (Lipinski definition) is 7. The van der Waals surface area contributed by atoms with Gasteiger partial charge in [-0.1, -0.05) is 68.0 Å². The molecule has 3 aliphatic rings. The van der Waals surface area contributed by atoms with Crippen LogP contribution in [0.2, 0.25) is 0 Å². The van der Waals surface area contributed by atoms with Gasteiger partial charge in [0.15, 0.2) is 11.5 Å². The second-order valence-corrected chi connectivity index (χ2v) is 12.0. The summed E-state index contributed by atoms with van der Waals surface area (Å²) in [5.41, 5.74) is 3.18. The van der Waals surface area contributed by atoms with Crippen LogP contribution >= 0.6 is 0 Å². The van der Waals surface area contributed by atoms with Crippen LogP contribution in [0.1, 0.15) is 49.3 Å². The van der Waals surface area contributed by atoms with E-state index in [4.69, 9.17) is 19.3 Å². The molecule has 2 aromatic carbocycles. The zero-order valence-electron chi connectivity index (χ0n) is 22.8. The molecule has 0 amide bonds. The second-order valence-electron chi connectivity index (χ2n) is 10.1. The van der Waals surface area contributed by atoms with Crippen molar-refractivity contribution < 1.29 is 32.5 Å². The number of aryl methyl sites for hydroxylation is 2. The maximum Gasteiger partial charge on any atom is 0.356 e. The van der Waals surface area contributed by atoms with E-state index >= 15 is 0 Å². The first-order valence-corrected chi connectivity index (χ1v) is 15.3. The number of aliphatic hydroxyl groups excluding tert-OH is 1. The molecule has 0 radical (unpaired) electrons. The van der Waals surface area contributed by atoms with Crippen molar-refractivity contribution >= 4 is 27.3 Å². The Kier molecular flexibility index (Phi) is 8.32. The number of nitrogens with zero attached hydrogens (tertiary/aromatic N) is 1. The lowest BCUT2D eigenvalue weighted by molar-refractivity contribution is -0.139. The lowest BCUT2D eigenvalue weighted by atomic mass is 9.84. The summed E-state index contributed by atoms with van der Waals surface area (Å²) in [6, 6.07) is 11.0. The highest BCUT2D eigenvalue weighted by Gasteiger charge is 2.50. The molecule has 0 aromatic heterocycles. The van der Waals surface area contributed by atoms with Crippen LogP contribution in [-0.2, 0) is 26.0 Å². The van der Waals surface area contributed by atoms with Crippen LogP contribution < -0.4 is 13.8 Å². The molecule has 0 saturated carbocycles. The molecule has 9 heteroatoms. The highest BCUT2D eigenvalue weighted by atomic mass is 32.2. The fourth-order valence-corrected chi connectivity index (χ4v) is 7.58. The summed E-state index contributed by atoms with van der Waals surface area (Å²) in [7, 11) is -4.07. The Labute approximate surface area is 235 Å². The molecular formula is C31H35NO7S. The highest BCUT2D eigenvalue weighted by molar-refractivity contribution is 7.94. The highest BCUT2D eigenvalue weighted by Crippen LogP contribution is 2.51. The predicted octanol–water partition coefficient (Wildman–Crippen LogP) is 5.05. The molecule has 0 fully saturated rings. The van der Waals surface area contributed by atoms with Crippen molar-refractivity contribution in [1.29, 1.82) is 0 Å². The van der Waals surface area contributed by atoms with E-state index in [0.717, 1.165) is 24.8 Å². The molecule has 5 rings (SSSR count). The van der Waals surface area contributed by atoms with E-state index in [1.54, 1.807) is 24.3 Å². The van der Waals surface area contributed by atoms with Crippen LogP contribution in [0.3, 0.4) is 0 Å². The number of anilines is 1. The summed E-state index contributed by atoms with van der Waals surface area (Å²) in [4.78, 5) is 14.0. The molecule has 2 atom stereocenters. The normalized spacial score (nSPS) is 20.5. The number of sulfonamides is 1. The van der Waals surface area contributed by atoms with E-state index in [1.807, 2.05) is 50.3 Å². The number of fused-ring (bicyclic) bond motifs is 2. The number of allylic oxidation sites excluding steroid dienone is 4. The van der Waals surface area contributed by atoms with Gasteiger partial charge in [-0.2, -0.15) is 0 Å². The monoisotopic (exact) mass is 565 g/mol. The summed E-state index contributed by atoms with van der Waals surface area (Å²) in [6.45, 7) is 4.15. The van der Waals surface area contributed by atoms with E-state index < -0.39 is 27.2 Å². The topological polar surface area (TPSA) is 102 Å². The average molecular weight is 566 g/mol. The predicted molar refractivity (Wildman–Crippen MR) is 154 cm³/mol. The van der Waals surface area contributed by atoms with Crippen LogP contribution in [0.5, 0.6) is 11.5 Å². The van der Waals surface area contributed by atoms with E-state index in [0.29, 0.717) is 46.7 Å². The largest absolute Gasteiger partial charge is 0.461 e. The Morgan fingerprint density at radius 2 is 1.77 bits per heavy atom. The molecule has 212 valence electrons. The minimum absolute atomic E-state index is 0.0344. The van der Waals surface area contributed by atoms with Gasteiger partial charge in [0.2, 0.25) is 16.8 Å². The summed E-state index contributed by atoms with van der Waals surface area (Å²) < 4.78 is 47.3. The van der Waals surface area contributed by atoms with Gasteiger partial charge >= 0.3 is 5.97 Å². The smallest absolute Gasteiger partial charge is 0.356 e. The number of para-hydroxylation sites is 1. The first kappa shape index (κ1) is 28.0. The number of esters is 1. The van der Waals surface area contributed by atoms with Crippen LogP contribution in [0.15, 0.2) is 66.4 Å². The summed E-state index contributed by atoms with van der Waals surface area (Å²) in [5.74, 6) is -0.220. The van der Waals surface area contributed by atoms with E-state index in [1.165, 1.54) is 4.31 Å². The van der Waals surface area contributed by atoms with E-state index in [9.17, 15) is 13.2 Å². The van der Waals surface area contributed by atoms with Gasteiger partial charge in [0.1, 0.15) is 10.9 Å². The van der Waals surface area contributed by atoms with Gasteiger partial charge in [-0.25, -0.2) is 17.5 Å². The molecule has 0 bridgehead atoms. The zero-order chi connectivity index (χ0) is 28.3. The van der Waals surface area contributed by atoms with Crippen LogP contribution in [0, 0.1) is 12.8 Å². The molecule has 40 heavy (non-hydrogen) atoms. The maximum absolute atomic E-state index is 14.3. The van der Waals surface area contributed by atoms with Crippen LogP contribution in [0.25, 0.3) is 5.57 Å². The molecule has 1 aliphatic carbocycles. The van der Waals surface area contributed by atoms with Crippen molar-refractivity contribution in [2.45, 2.75) is 51.2 Å². The minimum atomic E-state index is -4.07. The number of benzene rings is 2. The summed E-state index contributed by atoms with van der Waals surface area (Å²) >= 11 is 0. The van der Waals surface area contributed by atoms with Gasteiger partial charge < -0.3 is 19.3 Å². The summed E-state index contributed by atoms with van der Waals surface area (Å²) in [6.07, 6.45) is 10.7. The van der Waals surface area contributed by atoms with Crippen molar-refractivity contribution in [1.82, 2.24) is 0 Å². The maximum atomic E-state index is 14.3. The van der Waals surface area contributed by atoms with Gasteiger partial charge in [-0.15, -0.1) is 0 Å². The molecule has 0 saturated heterocycles. The minimum Gasteiger partial charge on any atom is -0.461 e. The molecule has 1 N–H and O–H groups in total. The fourth-order valence-electron chi connectivity index (χ4n) is 5.54. The number of aliphatic hydroxyl groups is 1. The van der Waals surface area contributed by atoms with Crippen molar-refractivity contribution in [2.24, 2.45) is 5.92 Å².